The fourth-order valence-electron chi connectivity index (χ4n) is 2.10. The number of rotatable bonds is 7. The average Bonchev–Trinajstić information content (AvgIpc) is 3.12. The number of thiophene rings is 1. The van der Waals surface area contributed by atoms with Crippen LogP contribution in [-0.2, 0) is 6.54 Å². The highest BCUT2D eigenvalue weighted by atomic mass is 127. The average molecular weight is 474 g/mol. The predicted octanol–water partition coefficient (Wildman–Crippen LogP) is 4.48. The molecule has 1 unspecified atom stereocenters. The molecule has 0 saturated carbocycles. The minimum Gasteiger partial charge on any atom is -0.356 e. The first-order chi connectivity index (χ1) is 11.6. The van der Waals surface area contributed by atoms with E-state index in [1.807, 2.05) is 6.07 Å². The summed E-state index contributed by atoms with van der Waals surface area (Å²) in [7, 11) is 0. The van der Waals surface area contributed by atoms with Gasteiger partial charge in [0.2, 0.25) is 0 Å². The molecule has 2 rings (SSSR count). The Morgan fingerprint density at radius 3 is 2.60 bits per heavy atom. The van der Waals surface area contributed by atoms with E-state index in [0.717, 1.165) is 24.5 Å². The van der Waals surface area contributed by atoms with E-state index in [1.54, 1.807) is 23.5 Å². The van der Waals surface area contributed by atoms with Crippen LogP contribution in [0.15, 0.2) is 46.8 Å². The van der Waals surface area contributed by atoms with Crippen molar-refractivity contribution in [1.29, 1.82) is 0 Å². The Balaban J connectivity index is 0.00000312. The van der Waals surface area contributed by atoms with Crippen LogP contribution in [-0.4, -0.2) is 17.4 Å². The number of non-ortho nitro benzene ring substituents is 1. The number of benzene rings is 1. The van der Waals surface area contributed by atoms with Crippen molar-refractivity contribution in [2.24, 2.45) is 4.99 Å². The minimum atomic E-state index is -0.397. The molecule has 2 aromatic rings. The molecule has 0 aliphatic heterocycles. The van der Waals surface area contributed by atoms with Gasteiger partial charge in [0.15, 0.2) is 5.96 Å². The monoisotopic (exact) mass is 474 g/mol. The fraction of sp³-hybridized carbons (Fsp3) is 0.353. The Kier molecular flexibility index (Phi) is 9.43. The van der Waals surface area contributed by atoms with Gasteiger partial charge in [-0.2, -0.15) is 0 Å². The number of guanidine groups is 1. The summed E-state index contributed by atoms with van der Waals surface area (Å²) in [5.74, 6) is 0.746. The molecule has 1 heterocycles. The van der Waals surface area contributed by atoms with Crippen LogP contribution in [0.4, 0.5) is 5.69 Å². The highest BCUT2D eigenvalue weighted by Crippen LogP contribution is 2.18. The molecule has 0 fully saturated rings. The molecule has 0 saturated heterocycles. The third-order valence-corrected chi connectivity index (χ3v) is 4.49. The first-order valence-electron chi connectivity index (χ1n) is 7.91. The number of nitrogens with one attached hydrogen (secondary N) is 2. The van der Waals surface area contributed by atoms with Crippen LogP contribution >= 0.6 is 35.3 Å². The number of nitrogens with zero attached hydrogens (tertiary/aromatic N) is 2. The second kappa shape index (κ2) is 11.0. The van der Waals surface area contributed by atoms with E-state index in [1.165, 1.54) is 17.0 Å². The van der Waals surface area contributed by atoms with Crippen LogP contribution in [0.1, 0.15) is 36.8 Å². The van der Waals surface area contributed by atoms with E-state index in [0.29, 0.717) is 6.54 Å². The lowest BCUT2D eigenvalue weighted by molar-refractivity contribution is -0.384. The SMILES string of the molecule is CCCNC(=NCc1ccc([N+](=O)[O-])cc1)NC(C)c1cccs1.I. The highest BCUT2D eigenvalue weighted by molar-refractivity contribution is 14.0. The fourth-order valence-corrected chi connectivity index (χ4v) is 2.84. The van der Waals surface area contributed by atoms with Crippen molar-refractivity contribution in [2.75, 3.05) is 6.54 Å². The number of hydrogen-bond acceptors (Lipinski definition) is 4. The van der Waals surface area contributed by atoms with Gasteiger partial charge in [-0.3, -0.25) is 10.1 Å². The third-order valence-electron chi connectivity index (χ3n) is 3.43. The lowest BCUT2D eigenvalue weighted by atomic mass is 10.2. The van der Waals surface area contributed by atoms with Gasteiger partial charge in [0.1, 0.15) is 0 Å². The number of nitro groups is 1. The first kappa shape index (κ1) is 21.4. The third kappa shape index (κ3) is 6.99. The predicted molar refractivity (Wildman–Crippen MR) is 114 cm³/mol. The lowest BCUT2D eigenvalue weighted by Gasteiger charge is -2.17. The molecule has 136 valence electrons. The molecule has 8 heteroatoms. The van der Waals surface area contributed by atoms with Crippen molar-refractivity contribution in [2.45, 2.75) is 32.9 Å². The zero-order chi connectivity index (χ0) is 17.4. The molecule has 2 N–H and O–H groups in total. The van der Waals surface area contributed by atoms with Crippen LogP contribution in [0.5, 0.6) is 0 Å². The summed E-state index contributed by atoms with van der Waals surface area (Å²) in [6, 6.07) is 10.8. The second-order valence-electron chi connectivity index (χ2n) is 5.40. The van der Waals surface area contributed by atoms with Crippen LogP contribution in [0.3, 0.4) is 0 Å². The van der Waals surface area contributed by atoms with Gasteiger partial charge in [-0.15, -0.1) is 35.3 Å². The Morgan fingerprint density at radius 1 is 1.32 bits per heavy atom. The van der Waals surface area contributed by atoms with E-state index >= 15 is 0 Å². The van der Waals surface area contributed by atoms with Crippen molar-refractivity contribution < 1.29 is 4.92 Å². The molecule has 6 nitrogen and oxygen atoms in total. The Hall–Kier alpha value is -1.68. The van der Waals surface area contributed by atoms with Crippen molar-refractivity contribution in [3.8, 4) is 0 Å². The van der Waals surface area contributed by atoms with Gasteiger partial charge in [0, 0.05) is 23.6 Å². The number of nitro benzene ring substituents is 1. The standard InChI is InChI=1S/C17H22N4O2S.HI/c1-3-10-18-17(20-13(2)16-5-4-11-24-16)19-12-14-6-8-15(9-7-14)21(22)23;/h4-9,11,13H,3,10,12H2,1-2H3,(H2,18,19,20);1H. The molecule has 1 aromatic heterocycles. The molecule has 0 bridgehead atoms. The maximum absolute atomic E-state index is 10.7. The summed E-state index contributed by atoms with van der Waals surface area (Å²) in [5, 5.41) is 19.4. The molecule has 0 amide bonds. The van der Waals surface area contributed by atoms with Crippen molar-refractivity contribution in [3.63, 3.8) is 0 Å². The van der Waals surface area contributed by atoms with Crippen LogP contribution < -0.4 is 10.6 Å². The summed E-state index contributed by atoms with van der Waals surface area (Å²) in [6.07, 6.45) is 1.01. The maximum Gasteiger partial charge on any atom is 0.269 e. The van der Waals surface area contributed by atoms with Gasteiger partial charge >= 0.3 is 0 Å². The van der Waals surface area contributed by atoms with E-state index < -0.39 is 4.92 Å². The van der Waals surface area contributed by atoms with Crippen LogP contribution in [0.25, 0.3) is 0 Å². The topological polar surface area (TPSA) is 79.6 Å². The van der Waals surface area contributed by atoms with Gasteiger partial charge in [-0.25, -0.2) is 4.99 Å². The Labute approximate surface area is 168 Å². The summed E-state index contributed by atoms with van der Waals surface area (Å²) in [4.78, 5) is 16.1. The van der Waals surface area contributed by atoms with Crippen molar-refractivity contribution >= 4 is 47.0 Å². The first-order valence-corrected chi connectivity index (χ1v) is 8.79. The summed E-state index contributed by atoms with van der Waals surface area (Å²) >= 11 is 1.71. The van der Waals surface area contributed by atoms with Crippen molar-refractivity contribution in [1.82, 2.24) is 10.6 Å². The molecule has 1 atom stereocenters. The minimum absolute atomic E-state index is 0. The van der Waals surface area contributed by atoms with E-state index in [2.05, 4.69) is 40.9 Å². The largest absolute Gasteiger partial charge is 0.356 e. The van der Waals surface area contributed by atoms with Crippen molar-refractivity contribution in [3.05, 3.63) is 62.3 Å². The normalized spacial score (nSPS) is 12.2. The molecule has 0 radical (unpaired) electrons. The summed E-state index contributed by atoms with van der Waals surface area (Å²) < 4.78 is 0. The highest BCUT2D eigenvalue weighted by Gasteiger charge is 2.09. The lowest BCUT2D eigenvalue weighted by Crippen LogP contribution is -2.39. The summed E-state index contributed by atoms with van der Waals surface area (Å²) in [5.41, 5.74) is 1.03. The smallest absolute Gasteiger partial charge is 0.269 e. The molecule has 0 spiro atoms. The Morgan fingerprint density at radius 2 is 2.04 bits per heavy atom. The molecule has 0 aliphatic carbocycles. The Bertz CT molecular complexity index is 674. The summed E-state index contributed by atoms with van der Waals surface area (Å²) in [6.45, 7) is 5.50. The van der Waals surface area contributed by atoms with Gasteiger partial charge in [-0.1, -0.05) is 25.1 Å². The quantitative estimate of drug-likeness (QED) is 0.204. The van der Waals surface area contributed by atoms with Crippen LogP contribution in [0, 0.1) is 10.1 Å². The molecular formula is C17H23IN4O2S. The second-order valence-corrected chi connectivity index (χ2v) is 6.38. The molecule has 0 aliphatic rings. The number of halogens is 1. The molecule has 1 aromatic carbocycles. The van der Waals surface area contributed by atoms with Crippen LogP contribution in [0.2, 0.25) is 0 Å². The zero-order valence-electron chi connectivity index (χ0n) is 14.3. The van der Waals surface area contributed by atoms with E-state index in [9.17, 15) is 10.1 Å². The molecule has 25 heavy (non-hydrogen) atoms. The van der Waals surface area contributed by atoms with Gasteiger partial charge in [0.25, 0.3) is 5.69 Å². The van der Waals surface area contributed by atoms with Gasteiger partial charge in [0.05, 0.1) is 17.5 Å². The van der Waals surface area contributed by atoms with Gasteiger partial charge in [-0.05, 0) is 30.4 Å². The zero-order valence-corrected chi connectivity index (χ0v) is 17.4. The van der Waals surface area contributed by atoms with E-state index in [4.69, 9.17) is 0 Å². The van der Waals surface area contributed by atoms with E-state index in [-0.39, 0.29) is 35.7 Å². The molecular weight excluding hydrogens is 451 g/mol. The number of hydrogen-bond donors (Lipinski definition) is 2. The van der Waals surface area contributed by atoms with Gasteiger partial charge < -0.3 is 10.6 Å². The number of aliphatic imine (C=N–C) groups is 1. The maximum atomic E-state index is 10.7.